The highest BCUT2D eigenvalue weighted by Gasteiger charge is 2.22. The molecule has 0 aromatic heterocycles. The molecular formula is C18H19N3O4. The second-order valence-electron chi connectivity index (χ2n) is 5.78. The van der Waals surface area contributed by atoms with Gasteiger partial charge in [-0.15, -0.1) is 0 Å². The molecule has 0 radical (unpaired) electrons. The third kappa shape index (κ3) is 3.71. The number of hydrogen-bond donors (Lipinski definition) is 0. The monoisotopic (exact) mass is 341 g/mol. The van der Waals surface area contributed by atoms with Gasteiger partial charge in [0.25, 0.3) is 11.6 Å². The number of carbonyl (C=O) groups is 1. The van der Waals surface area contributed by atoms with Crippen molar-refractivity contribution in [1.82, 2.24) is 4.90 Å². The summed E-state index contributed by atoms with van der Waals surface area (Å²) in [6.07, 6.45) is 0. The average Bonchev–Trinajstić information content (AvgIpc) is 2.67. The quantitative estimate of drug-likeness (QED) is 0.631. The topological polar surface area (TPSA) is 75.9 Å². The smallest absolute Gasteiger partial charge is 0.269 e. The van der Waals surface area contributed by atoms with Crippen LogP contribution >= 0.6 is 0 Å². The molecule has 0 bridgehead atoms. The first kappa shape index (κ1) is 16.8. The number of carbonyl (C=O) groups excluding carboxylic acids is 1. The Hall–Kier alpha value is -3.09. The van der Waals surface area contributed by atoms with Crippen molar-refractivity contribution < 1.29 is 14.5 Å². The van der Waals surface area contributed by atoms with E-state index in [1.807, 2.05) is 24.3 Å². The fourth-order valence-electron chi connectivity index (χ4n) is 2.87. The summed E-state index contributed by atoms with van der Waals surface area (Å²) in [6.45, 7) is 2.71. The van der Waals surface area contributed by atoms with Crippen molar-refractivity contribution in [2.45, 2.75) is 0 Å². The van der Waals surface area contributed by atoms with E-state index >= 15 is 0 Å². The van der Waals surface area contributed by atoms with Crippen molar-refractivity contribution in [1.29, 1.82) is 0 Å². The molecule has 1 aliphatic heterocycles. The highest BCUT2D eigenvalue weighted by atomic mass is 16.6. The lowest BCUT2D eigenvalue weighted by Gasteiger charge is -2.36. The molecule has 1 amide bonds. The van der Waals surface area contributed by atoms with Crippen LogP contribution in [0.4, 0.5) is 11.4 Å². The molecular weight excluding hydrogens is 322 g/mol. The summed E-state index contributed by atoms with van der Waals surface area (Å²) in [5.41, 5.74) is 1.56. The summed E-state index contributed by atoms with van der Waals surface area (Å²) in [6, 6.07) is 13.6. The van der Waals surface area contributed by atoms with E-state index in [2.05, 4.69) is 4.90 Å². The van der Waals surface area contributed by atoms with Crippen LogP contribution in [0, 0.1) is 10.1 Å². The molecule has 2 aromatic carbocycles. The molecule has 7 nitrogen and oxygen atoms in total. The Bertz CT molecular complexity index is 751. The SMILES string of the molecule is COc1ccc(N2CCN(C(=O)c3ccc([N+](=O)[O-])cc3)CC2)cc1. The minimum Gasteiger partial charge on any atom is -0.497 e. The third-order valence-electron chi connectivity index (χ3n) is 4.33. The molecule has 1 fully saturated rings. The maximum absolute atomic E-state index is 12.5. The lowest BCUT2D eigenvalue weighted by atomic mass is 10.1. The number of benzene rings is 2. The van der Waals surface area contributed by atoms with Crippen molar-refractivity contribution in [3.63, 3.8) is 0 Å². The van der Waals surface area contributed by atoms with Crippen LogP contribution < -0.4 is 9.64 Å². The minimum atomic E-state index is -0.470. The van der Waals surface area contributed by atoms with Gasteiger partial charge < -0.3 is 14.5 Å². The average molecular weight is 341 g/mol. The molecule has 0 spiro atoms. The van der Waals surface area contributed by atoms with Crippen molar-refractivity contribution in [3.05, 3.63) is 64.2 Å². The molecule has 0 atom stereocenters. The summed E-state index contributed by atoms with van der Waals surface area (Å²) in [5, 5.41) is 10.7. The predicted molar refractivity (Wildman–Crippen MR) is 94.2 cm³/mol. The van der Waals surface area contributed by atoms with Crippen LogP contribution in [0.25, 0.3) is 0 Å². The molecule has 3 rings (SSSR count). The summed E-state index contributed by atoms with van der Waals surface area (Å²) < 4.78 is 5.16. The van der Waals surface area contributed by atoms with E-state index in [4.69, 9.17) is 4.74 Å². The van der Waals surface area contributed by atoms with Crippen LogP contribution in [0.2, 0.25) is 0 Å². The van der Waals surface area contributed by atoms with Crippen molar-refractivity contribution in [3.8, 4) is 5.75 Å². The van der Waals surface area contributed by atoms with Gasteiger partial charge in [-0.3, -0.25) is 14.9 Å². The van der Waals surface area contributed by atoms with Crippen molar-refractivity contribution in [2.75, 3.05) is 38.2 Å². The second-order valence-corrected chi connectivity index (χ2v) is 5.78. The Balaban J connectivity index is 1.61. The molecule has 1 heterocycles. The van der Waals surface area contributed by atoms with E-state index in [9.17, 15) is 14.9 Å². The number of ether oxygens (including phenoxy) is 1. The van der Waals surface area contributed by atoms with E-state index in [-0.39, 0.29) is 11.6 Å². The first-order valence-corrected chi connectivity index (χ1v) is 8.01. The van der Waals surface area contributed by atoms with Crippen LogP contribution in [0.5, 0.6) is 5.75 Å². The maximum atomic E-state index is 12.5. The van der Waals surface area contributed by atoms with E-state index in [0.29, 0.717) is 18.7 Å². The largest absolute Gasteiger partial charge is 0.497 e. The minimum absolute atomic E-state index is 0.0131. The Morgan fingerprint density at radius 3 is 2.12 bits per heavy atom. The first-order chi connectivity index (χ1) is 12.1. The number of anilines is 1. The molecule has 0 saturated carbocycles. The number of piperazine rings is 1. The Labute approximate surface area is 145 Å². The van der Waals surface area contributed by atoms with Gasteiger partial charge in [-0.25, -0.2) is 0 Å². The Morgan fingerprint density at radius 1 is 1.00 bits per heavy atom. The lowest BCUT2D eigenvalue weighted by molar-refractivity contribution is -0.384. The van der Waals surface area contributed by atoms with Gasteiger partial charge in [0.1, 0.15) is 5.75 Å². The van der Waals surface area contributed by atoms with Gasteiger partial charge in [-0.05, 0) is 36.4 Å². The summed E-state index contributed by atoms with van der Waals surface area (Å²) in [4.78, 5) is 26.8. The zero-order valence-corrected chi connectivity index (χ0v) is 13.9. The fraction of sp³-hybridized carbons (Fsp3) is 0.278. The molecule has 0 unspecified atom stereocenters. The number of nitro groups is 1. The number of amides is 1. The summed E-state index contributed by atoms with van der Waals surface area (Å²) in [7, 11) is 1.64. The van der Waals surface area contributed by atoms with E-state index in [0.717, 1.165) is 24.5 Å². The molecule has 2 aromatic rings. The standard InChI is InChI=1S/C18H19N3O4/c1-25-17-8-6-15(7-9-17)19-10-12-20(13-11-19)18(22)14-2-4-16(5-3-14)21(23)24/h2-9H,10-13H2,1H3. The van der Waals surface area contributed by atoms with Gasteiger partial charge in [0.2, 0.25) is 0 Å². The number of methoxy groups -OCH3 is 1. The number of nitro benzene ring substituents is 1. The number of nitrogens with zero attached hydrogens (tertiary/aromatic N) is 3. The molecule has 1 aliphatic rings. The van der Waals surface area contributed by atoms with Gasteiger partial charge in [0.15, 0.2) is 0 Å². The fourth-order valence-corrected chi connectivity index (χ4v) is 2.87. The molecule has 1 saturated heterocycles. The van der Waals surface area contributed by atoms with Gasteiger partial charge in [-0.2, -0.15) is 0 Å². The number of non-ortho nitro benzene ring substituents is 1. The van der Waals surface area contributed by atoms with Crippen LogP contribution in [0.1, 0.15) is 10.4 Å². The maximum Gasteiger partial charge on any atom is 0.269 e. The Kier molecular flexibility index (Phi) is 4.83. The zero-order valence-electron chi connectivity index (χ0n) is 13.9. The normalized spacial score (nSPS) is 14.3. The molecule has 130 valence electrons. The van der Waals surface area contributed by atoms with Gasteiger partial charge >= 0.3 is 0 Å². The van der Waals surface area contributed by atoms with E-state index in [1.165, 1.54) is 24.3 Å². The van der Waals surface area contributed by atoms with E-state index < -0.39 is 4.92 Å². The summed E-state index contributed by atoms with van der Waals surface area (Å²) >= 11 is 0. The van der Waals surface area contributed by atoms with Crippen LogP contribution in [-0.2, 0) is 0 Å². The number of rotatable bonds is 4. The molecule has 7 heteroatoms. The molecule has 0 N–H and O–H groups in total. The van der Waals surface area contributed by atoms with Crippen LogP contribution in [0.3, 0.4) is 0 Å². The zero-order chi connectivity index (χ0) is 17.8. The third-order valence-corrected chi connectivity index (χ3v) is 4.33. The molecule has 0 aliphatic carbocycles. The predicted octanol–water partition coefficient (Wildman–Crippen LogP) is 2.57. The van der Waals surface area contributed by atoms with Crippen LogP contribution in [-0.4, -0.2) is 49.0 Å². The second kappa shape index (κ2) is 7.21. The van der Waals surface area contributed by atoms with Crippen LogP contribution in [0.15, 0.2) is 48.5 Å². The lowest BCUT2D eigenvalue weighted by Crippen LogP contribution is -2.48. The summed E-state index contributed by atoms with van der Waals surface area (Å²) in [5.74, 6) is 0.722. The van der Waals surface area contributed by atoms with Crippen molar-refractivity contribution in [2.24, 2.45) is 0 Å². The van der Waals surface area contributed by atoms with Gasteiger partial charge in [0, 0.05) is 49.6 Å². The van der Waals surface area contributed by atoms with Gasteiger partial charge in [-0.1, -0.05) is 0 Å². The highest BCUT2D eigenvalue weighted by Crippen LogP contribution is 2.21. The van der Waals surface area contributed by atoms with Crippen molar-refractivity contribution >= 4 is 17.3 Å². The highest BCUT2D eigenvalue weighted by molar-refractivity contribution is 5.94. The first-order valence-electron chi connectivity index (χ1n) is 8.01. The number of hydrogen-bond acceptors (Lipinski definition) is 5. The molecule has 25 heavy (non-hydrogen) atoms. The van der Waals surface area contributed by atoms with E-state index in [1.54, 1.807) is 12.0 Å². The van der Waals surface area contributed by atoms with Gasteiger partial charge in [0.05, 0.1) is 12.0 Å². The Morgan fingerprint density at radius 2 is 1.60 bits per heavy atom.